The third-order valence-electron chi connectivity index (χ3n) is 7.41. The number of hydrogen-bond donors (Lipinski definition) is 1. The summed E-state index contributed by atoms with van der Waals surface area (Å²) in [5.74, 6) is 1.40. The lowest BCUT2D eigenvalue weighted by Gasteiger charge is -2.34. The van der Waals surface area contributed by atoms with Gasteiger partial charge in [-0.25, -0.2) is 9.37 Å². The molecule has 2 aromatic heterocycles. The molecule has 1 saturated carbocycles. The summed E-state index contributed by atoms with van der Waals surface area (Å²) in [7, 11) is 0. The molecule has 0 saturated heterocycles. The summed E-state index contributed by atoms with van der Waals surface area (Å²) in [6.07, 6.45) is 6.99. The number of benzene rings is 2. The summed E-state index contributed by atoms with van der Waals surface area (Å²) in [5, 5.41) is 4.06. The fraction of sp³-hybridized carbons (Fsp3) is 0.345. The van der Waals surface area contributed by atoms with Gasteiger partial charge in [0, 0.05) is 23.6 Å². The first-order valence-electron chi connectivity index (χ1n) is 12.6. The van der Waals surface area contributed by atoms with E-state index >= 15 is 0 Å². The number of carbonyl (C=O) groups is 1. The fourth-order valence-electron chi connectivity index (χ4n) is 4.95. The SMILES string of the molecule is C[C@H]1[C@H](C)CCC[C@H]1NC(=O)c1ccc(Cn2c(SCc3ccccc3F)nc3ccncc32)cc1. The van der Waals surface area contributed by atoms with Crippen molar-refractivity contribution in [3.05, 3.63) is 89.5 Å². The van der Waals surface area contributed by atoms with E-state index in [0.29, 0.717) is 35.3 Å². The summed E-state index contributed by atoms with van der Waals surface area (Å²) in [6.45, 7) is 5.10. The Bertz CT molecular complexity index is 1350. The Morgan fingerprint density at radius 2 is 1.92 bits per heavy atom. The minimum Gasteiger partial charge on any atom is -0.349 e. The topological polar surface area (TPSA) is 59.8 Å². The standard InChI is InChI=1S/C29H31FN4OS/c1-19-6-5-9-25(20(19)2)32-28(35)22-12-10-21(11-13-22)17-34-27-16-31-15-14-26(27)33-29(34)36-18-23-7-3-4-8-24(23)30/h3-4,7-8,10-16,19-20,25H,5-6,9,17-18H2,1-2H3,(H,32,35)/t19-,20+,25-/m1/s1. The molecule has 0 bridgehead atoms. The maximum Gasteiger partial charge on any atom is 0.251 e. The first-order chi connectivity index (χ1) is 17.5. The van der Waals surface area contributed by atoms with Crippen molar-refractivity contribution in [3.63, 3.8) is 0 Å². The number of pyridine rings is 1. The number of thioether (sulfide) groups is 1. The van der Waals surface area contributed by atoms with E-state index in [2.05, 4.69) is 28.7 Å². The van der Waals surface area contributed by atoms with Crippen LogP contribution in [0.4, 0.5) is 4.39 Å². The maximum absolute atomic E-state index is 14.2. The van der Waals surface area contributed by atoms with Gasteiger partial charge in [0.2, 0.25) is 0 Å². The molecule has 2 aromatic carbocycles. The third kappa shape index (κ3) is 5.31. The molecule has 1 aliphatic carbocycles. The van der Waals surface area contributed by atoms with Gasteiger partial charge in [0.1, 0.15) is 5.82 Å². The molecule has 5 nitrogen and oxygen atoms in total. The molecule has 1 fully saturated rings. The second kappa shape index (κ2) is 10.8. The van der Waals surface area contributed by atoms with Crippen LogP contribution in [0.5, 0.6) is 0 Å². The van der Waals surface area contributed by atoms with Crippen LogP contribution in [0.15, 0.2) is 72.1 Å². The molecule has 36 heavy (non-hydrogen) atoms. The second-order valence-corrected chi connectivity index (χ2v) is 10.7. The van der Waals surface area contributed by atoms with Gasteiger partial charge < -0.3 is 9.88 Å². The molecule has 186 valence electrons. The molecule has 0 radical (unpaired) electrons. The molecule has 1 amide bonds. The van der Waals surface area contributed by atoms with E-state index in [4.69, 9.17) is 4.98 Å². The molecule has 0 aliphatic heterocycles. The lowest BCUT2D eigenvalue weighted by Crippen LogP contribution is -2.43. The number of nitrogens with zero attached hydrogens (tertiary/aromatic N) is 3. The Morgan fingerprint density at radius 1 is 1.11 bits per heavy atom. The number of amides is 1. The highest BCUT2D eigenvalue weighted by Crippen LogP contribution is 2.30. The van der Waals surface area contributed by atoms with E-state index in [1.807, 2.05) is 42.6 Å². The number of hydrogen-bond acceptors (Lipinski definition) is 4. The Kier molecular flexibility index (Phi) is 7.37. The molecule has 0 unspecified atom stereocenters. The third-order valence-corrected chi connectivity index (χ3v) is 8.44. The normalized spacial score (nSPS) is 19.9. The molecule has 1 N–H and O–H groups in total. The Hall–Kier alpha value is -3.19. The molecule has 5 rings (SSSR count). The van der Waals surface area contributed by atoms with Gasteiger partial charge in [0.25, 0.3) is 5.91 Å². The Labute approximate surface area is 215 Å². The number of halogens is 1. The van der Waals surface area contributed by atoms with Crippen LogP contribution in [0.25, 0.3) is 11.0 Å². The average Bonchev–Trinajstić information content (AvgIpc) is 3.24. The van der Waals surface area contributed by atoms with Gasteiger partial charge in [-0.15, -0.1) is 0 Å². The number of carbonyl (C=O) groups excluding carboxylic acids is 1. The van der Waals surface area contributed by atoms with E-state index in [-0.39, 0.29) is 17.8 Å². The lowest BCUT2D eigenvalue weighted by molar-refractivity contribution is 0.0891. The summed E-state index contributed by atoms with van der Waals surface area (Å²) >= 11 is 1.51. The van der Waals surface area contributed by atoms with Crippen molar-refractivity contribution in [2.75, 3.05) is 0 Å². The molecule has 7 heteroatoms. The van der Waals surface area contributed by atoms with Crippen LogP contribution < -0.4 is 5.32 Å². The van der Waals surface area contributed by atoms with Crippen molar-refractivity contribution in [1.82, 2.24) is 19.9 Å². The second-order valence-electron chi connectivity index (χ2n) is 9.77. The molecule has 0 spiro atoms. The smallest absolute Gasteiger partial charge is 0.251 e. The van der Waals surface area contributed by atoms with Gasteiger partial charge in [0.05, 0.1) is 23.8 Å². The fourth-order valence-corrected chi connectivity index (χ4v) is 5.95. The van der Waals surface area contributed by atoms with E-state index in [1.54, 1.807) is 18.3 Å². The van der Waals surface area contributed by atoms with Gasteiger partial charge in [-0.3, -0.25) is 9.78 Å². The van der Waals surface area contributed by atoms with E-state index in [0.717, 1.165) is 28.2 Å². The largest absolute Gasteiger partial charge is 0.349 e. The minimum atomic E-state index is -0.208. The van der Waals surface area contributed by atoms with E-state index < -0.39 is 0 Å². The van der Waals surface area contributed by atoms with Crippen molar-refractivity contribution >= 4 is 28.7 Å². The van der Waals surface area contributed by atoms with Crippen molar-refractivity contribution in [1.29, 1.82) is 0 Å². The zero-order chi connectivity index (χ0) is 25.1. The minimum absolute atomic E-state index is 0.00841. The molecule has 4 aromatic rings. The predicted octanol–water partition coefficient (Wildman–Crippen LogP) is 6.47. The van der Waals surface area contributed by atoms with Crippen LogP contribution in [0, 0.1) is 17.7 Å². The van der Waals surface area contributed by atoms with Gasteiger partial charge in [-0.05, 0) is 53.6 Å². The van der Waals surface area contributed by atoms with Crippen LogP contribution >= 0.6 is 11.8 Å². The predicted molar refractivity (Wildman–Crippen MR) is 142 cm³/mol. The molecule has 2 heterocycles. The molecule has 3 atom stereocenters. The van der Waals surface area contributed by atoms with E-state index in [9.17, 15) is 9.18 Å². The van der Waals surface area contributed by atoms with Crippen LogP contribution in [-0.2, 0) is 12.3 Å². The highest BCUT2D eigenvalue weighted by molar-refractivity contribution is 7.98. The van der Waals surface area contributed by atoms with Crippen molar-refractivity contribution in [3.8, 4) is 0 Å². The number of rotatable bonds is 7. The number of aromatic nitrogens is 3. The van der Waals surface area contributed by atoms with Crippen LogP contribution in [-0.4, -0.2) is 26.5 Å². The van der Waals surface area contributed by atoms with Crippen LogP contribution in [0.2, 0.25) is 0 Å². The van der Waals surface area contributed by atoms with Crippen molar-refractivity contribution in [2.24, 2.45) is 11.8 Å². The highest BCUT2D eigenvalue weighted by atomic mass is 32.2. The van der Waals surface area contributed by atoms with Gasteiger partial charge in [0.15, 0.2) is 5.16 Å². The molecular weight excluding hydrogens is 471 g/mol. The quantitative estimate of drug-likeness (QED) is 0.295. The Morgan fingerprint density at radius 3 is 2.72 bits per heavy atom. The van der Waals surface area contributed by atoms with Crippen molar-refractivity contribution in [2.45, 2.75) is 56.6 Å². The zero-order valence-electron chi connectivity index (χ0n) is 20.7. The zero-order valence-corrected chi connectivity index (χ0v) is 21.5. The van der Waals surface area contributed by atoms with Crippen LogP contribution in [0.1, 0.15) is 54.6 Å². The molecular formula is C29H31FN4OS. The van der Waals surface area contributed by atoms with Crippen molar-refractivity contribution < 1.29 is 9.18 Å². The van der Waals surface area contributed by atoms with Gasteiger partial charge in [-0.1, -0.05) is 68.8 Å². The first kappa shape index (κ1) is 24.5. The summed E-state index contributed by atoms with van der Waals surface area (Å²) < 4.78 is 16.3. The number of imidazole rings is 1. The summed E-state index contributed by atoms with van der Waals surface area (Å²) in [4.78, 5) is 22.0. The molecule has 1 aliphatic rings. The Balaban J connectivity index is 1.32. The number of fused-ring (bicyclic) bond motifs is 1. The monoisotopic (exact) mass is 502 g/mol. The average molecular weight is 503 g/mol. The van der Waals surface area contributed by atoms with Crippen LogP contribution in [0.3, 0.4) is 0 Å². The van der Waals surface area contributed by atoms with Gasteiger partial charge >= 0.3 is 0 Å². The lowest BCUT2D eigenvalue weighted by atomic mass is 9.78. The number of nitrogens with one attached hydrogen (secondary N) is 1. The van der Waals surface area contributed by atoms with E-state index in [1.165, 1.54) is 30.7 Å². The maximum atomic E-state index is 14.2. The summed E-state index contributed by atoms with van der Waals surface area (Å²) in [6, 6.07) is 16.7. The summed E-state index contributed by atoms with van der Waals surface area (Å²) in [5.41, 5.74) is 4.16. The first-order valence-corrected chi connectivity index (χ1v) is 13.5. The van der Waals surface area contributed by atoms with Gasteiger partial charge in [-0.2, -0.15) is 0 Å². The highest BCUT2D eigenvalue weighted by Gasteiger charge is 2.28.